The van der Waals surface area contributed by atoms with Crippen molar-refractivity contribution in [3.8, 4) is 0 Å². The van der Waals surface area contributed by atoms with Crippen LogP contribution in [0.3, 0.4) is 0 Å². The van der Waals surface area contributed by atoms with Crippen molar-refractivity contribution in [3.05, 3.63) is 58.4 Å². The van der Waals surface area contributed by atoms with Gasteiger partial charge in [0.05, 0.1) is 22.6 Å². The summed E-state index contributed by atoms with van der Waals surface area (Å²) in [7, 11) is 0. The highest BCUT2D eigenvalue weighted by Gasteiger charge is 2.36. The zero-order chi connectivity index (χ0) is 23.0. The number of aromatic nitrogens is 2. The van der Waals surface area contributed by atoms with E-state index in [0.29, 0.717) is 53.4 Å². The Labute approximate surface area is 183 Å². The highest BCUT2D eigenvalue weighted by atomic mass is 35.5. The number of fused-ring (bicyclic) bond motifs is 1. The molecule has 2 aromatic carbocycles. The second kappa shape index (κ2) is 8.39. The molecule has 0 unspecified atom stereocenters. The fourth-order valence-electron chi connectivity index (χ4n) is 3.59. The van der Waals surface area contributed by atoms with Gasteiger partial charge in [0.1, 0.15) is 5.82 Å². The lowest BCUT2D eigenvalue weighted by atomic mass is 10.1. The van der Waals surface area contributed by atoms with Gasteiger partial charge in [0, 0.05) is 42.5 Å². The van der Waals surface area contributed by atoms with Crippen LogP contribution < -0.4 is 15.5 Å². The first-order valence-corrected chi connectivity index (χ1v) is 10.2. The normalized spacial score (nSPS) is 16.3. The molecule has 2 heterocycles. The van der Waals surface area contributed by atoms with Gasteiger partial charge >= 0.3 is 6.18 Å². The number of imidazole rings is 1. The standard InChI is InChI=1S/C21H21ClF3N5O/c1-12(19-28-16-4-3-14(22)11-17(16)29-19)27-20(31)13-2-5-18(15(10-13)21(23,24)25)30-8-6-26-7-9-30/h2-5,10-12,26H,6-9H2,1H3,(H,27,31)(H,28,29)/t12-/m0/s1/i/hD. The Hall–Kier alpha value is -2.78. The van der Waals surface area contributed by atoms with Gasteiger partial charge in [-0.2, -0.15) is 13.2 Å². The molecule has 0 saturated carbocycles. The minimum absolute atomic E-state index is 0.0364. The van der Waals surface area contributed by atoms with E-state index in [4.69, 9.17) is 13.0 Å². The van der Waals surface area contributed by atoms with Gasteiger partial charge in [-0.15, -0.1) is 0 Å². The van der Waals surface area contributed by atoms with Crippen molar-refractivity contribution in [1.29, 1.82) is 0 Å². The number of nitrogens with one attached hydrogen (secondary N) is 3. The number of amides is 1. The zero-order valence-corrected chi connectivity index (χ0v) is 17.4. The summed E-state index contributed by atoms with van der Waals surface area (Å²) in [6.07, 6.45) is -4.63. The summed E-state index contributed by atoms with van der Waals surface area (Å²) in [6, 6.07) is 7.68. The number of anilines is 1. The molecule has 6 nitrogen and oxygen atoms in total. The largest absolute Gasteiger partial charge is 0.418 e. The van der Waals surface area contributed by atoms with Gasteiger partial charge in [0.15, 0.2) is 1.41 Å². The summed E-state index contributed by atoms with van der Waals surface area (Å²) in [5, 5.41) is 4.23. The second-order valence-electron chi connectivity index (χ2n) is 7.36. The Morgan fingerprint density at radius 1 is 1.26 bits per heavy atom. The number of H-pyrrole nitrogens is 1. The third-order valence-electron chi connectivity index (χ3n) is 5.18. The molecule has 0 aliphatic carbocycles. The molecule has 0 bridgehead atoms. The second-order valence-corrected chi connectivity index (χ2v) is 7.80. The molecule has 1 aliphatic heterocycles. The SMILES string of the molecule is [2H]N(C(=O)c1ccc(N2CCNCC2)c(C(F)(F)F)c1)[C@@H](C)c1nc2ccc(Cl)cc2[nH]1. The number of hydrogen-bond acceptors (Lipinski definition) is 4. The average molecular weight is 453 g/mol. The predicted octanol–water partition coefficient (Wildman–Crippen LogP) is 4.14. The van der Waals surface area contributed by atoms with E-state index in [-0.39, 0.29) is 11.3 Å². The number of carbonyl (C=O) groups excluding carboxylic acids is 1. The monoisotopic (exact) mass is 452 g/mol. The van der Waals surface area contributed by atoms with Crippen LogP contribution in [0, 0.1) is 0 Å². The minimum Gasteiger partial charge on any atom is -0.368 e. The van der Waals surface area contributed by atoms with Crippen molar-refractivity contribution in [1.82, 2.24) is 20.6 Å². The number of halogens is 4. The maximum atomic E-state index is 13.8. The van der Waals surface area contributed by atoms with Gasteiger partial charge in [-0.25, -0.2) is 4.98 Å². The Kier molecular flexibility index (Phi) is 5.45. The quantitative estimate of drug-likeness (QED) is 0.556. The number of aromatic amines is 1. The summed E-state index contributed by atoms with van der Waals surface area (Å²) < 4.78 is 49.6. The van der Waals surface area contributed by atoms with Crippen LogP contribution in [0.5, 0.6) is 0 Å². The van der Waals surface area contributed by atoms with Crippen molar-refractivity contribution < 1.29 is 19.4 Å². The van der Waals surface area contributed by atoms with Gasteiger partial charge in [-0.1, -0.05) is 11.6 Å². The zero-order valence-electron chi connectivity index (χ0n) is 17.6. The van der Waals surface area contributed by atoms with Crippen LogP contribution in [0.15, 0.2) is 36.4 Å². The fraction of sp³-hybridized carbons (Fsp3) is 0.333. The van der Waals surface area contributed by atoms with Gasteiger partial charge in [-0.05, 0) is 43.3 Å². The Morgan fingerprint density at radius 3 is 2.71 bits per heavy atom. The molecule has 164 valence electrons. The number of alkyl halides is 3. The van der Waals surface area contributed by atoms with Crippen LogP contribution in [0.1, 0.15) is 34.7 Å². The molecule has 1 aliphatic rings. The molecule has 1 atom stereocenters. The number of benzene rings is 2. The summed E-state index contributed by atoms with van der Waals surface area (Å²) in [4.78, 5) is 21.9. The van der Waals surface area contributed by atoms with Crippen LogP contribution in [0.2, 0.25) is 6.43 Å². The molecule has 1 aromatic heterocycles. The maximum Gasteiger partial charge on any atom is 0.418 e. The Morgan fingerprint density at radius 2 is 2.00 bits per heavy atom. The number of carbonyl (C=O) groups is 1. The van der Waals surface area contributed by atoms with Gasteiger partial charge in [0.2, 0.25) is 0 Å². The third kappa shape index (κ3) is 4.62. The van der Waals surface area contributed by atoms with E-state index in [0.717, 1.165) is 6.07 Å². The lowest BCUT2D eigenvalue weighted by Gasteiger charge is -2.31. The van der Waals surface area contributed by atoms with Crippen molar-refractivity contribution in [2.24, 2.45) is 0 Å². The molecule has 0 spiro atoms. The molecule has 0 radical (unpaired) electrons. The average Bonchev–Trinajstić information content (AvgIpc) is 3.20. The van der Waals surface area contributed by atoms with Crippen LogP contribution >= 0.6 is 11.6 Å². The lowest BCUT2D eigenvalue weighted by Crippen LogP contribution is -2.44. The number of hydrogen-bond donors (Lipinski definition) is 3. The van der Waals surface area contributed by atoms with Crippen LogP contribution in [0.25, 0.3) is 11.0 Å². The molecule has 1 fully saturated rings. The third-order valence-corrected chi connectivity index (χ3v) is 5.41. The molecule has 4 rings (SSSR count). The topological polar surface area (TPSA) is 73.1 Å². The molecule has 31 heavy (non-hydrogen) atoms. The first-order valence-electron chi connectivity index (χ1n) is 10.2. The van der Waals surface area contributed by atoms with Crippen LogP contribution in [-0.2, 0) is 6.18 Å². The fourth-order valence-corrected chi connectivity index (χ4v) is 3.76. The maximum absolute atomic E-state index is 13.8. The highest BCUT2D eigenvalue weighted by molar-refractivity contribution is 6.31. The van der Waals surface area contributed by atoms with E-state index in [1.54, 1.807) is 30.0 Å². The molecule has 10 heteroatoms. The van der Waals surface area contributed by atoms with Gasteiger partial charge < -0.3 is 20.5 Å². The van der Waals surface area contributed by atoms with Gasteiger partial charge in [-0.3, -0.25) is 4.79 Å². The number of nitrogens with zero attached hydrogens (tertiary/aromatic N) is 2. The smallest absolute Gasteiger partial charge is 0.368 e. The molecular formula is C21H21ClF3N5O. The number of piperazine rings is 1. The molecule has 1 amide bonds. The van der Waals surface area contributed by atoms with Crippen molar-refractivity contribution in [2.45, 2.75) is 19.1 Å². The van der Waals surface area contributed by atoms with E-state index >= 15 is 0 Å². The summed E-state index contributed by atoms with van der Waals surface area (Å²) in [5.74, 6) is -0.521. The molecular weight excluding hydrogens is 431 g/mol. The first kappa shape index (κ1) is 20.1. The van der Waals surface area contributed by atoms with E-state index in [2.05, 4.69) is 15.3 Å². The summed E-state index contributed by atoms with van der Waals surface area (Å²) >= 11 is 5.97. The van der Waals surface area contributed by atoms with E-state index < -0.39 is 23.7 Å². The van der Waals surface area contributed by atoms with Crippen LogP contribution in [0.4, 0.5) is 18.9 Å². The molecule has 3 aromatic rings. The van der Waals surface area contributed by atoms with E-state index in [1.165, 1.54) is 12.1 Å². The summed E-state index contributed by atoms with van der Waals surface area (Å²) in [6.45, 7) is 3.61. The first-order chi connectivity index (χ1) is 15.1. The molecule has 1 saturated heterocycles. The Bertz CT molecular complexity index is 1150. The van der Waals surface area contributed by atoms with Crippen LogP contribution in [-0.4, -0.2) is 42.1 Å². The Balaban J connectivity index is 1.62. The predicted molar refractivity (Wildman–Crippen MR) is 114 cm³/mol. The van der Waals surface area contributed by atoms with E-state index in [9.17, 15) is 18.0 Å². The number of rotatable bonds is 4. The lowest BCUT2D eigenvalue weighted by molar-refractivity contribution is -0.137. The summed E-state index contributed by atoms with van der Waals surface area (Å²) in [5.41, 5.74) is 0.188. The van der Waals surface area contributed by atoms with Crippen molar-refractivity contribution in [3.63, 3.8) is 0 Å². The van der Waals surface area contributed by atoms with Crippen molar-refractivity contribution in [2.75, 3.05) is 31.1 Å². The van der Waals surface area contributed by atoms with E-state index in [1.807, 2.05) is 0 Å². The highest BCUT2D eigenvalue weighted by Crippen LogP contribution is 2.37. The van der Waals surface area contributed by atoms with Crippen molar-refractivity contribution >= 4 is 34.2 Å². The van der Waals surface area contributed by atoms with Gasteiger partial charge in [0.25, 0.3) is 5.91 Å². The minimum atomic E-state index is -4.63. The molecule has 3 N–H and O–H groups in total.